The molecule has 110 valence electrons. The number of nitrogens with one attached hydrogen (secondary N) is 1. The number of fused-ring (bicyclic) bond motifs is 1. The topological polar surface area (TPSA) is 39.7 Å². The van der Waals surface area contributed by atoms with Crippen LogP contribution < -0.4 is 14.8 Å². The zero-order valence-electron chi connectivity index (χ0n) is 12.3. The molecule has 0 saturated heterocycles. The summed E-state index contributed by atoms with van der Waals surface area (Å²) in [6.45, 7) is 5.91. The van der Waals surface area contributed by atoms with Crippen LogP contribution in [0.15, 0.2) is 23.8 Å². The first-order valence-electron chi connectivity index (χ1n) is 7.12. The molecule has 1 N–H and O–H groups in total. The van der Waals surface area contributed by atoms with E-state index in [-0.39, 0.29) is 0 Å². The molecule has 1 aromatic carbocycles. The van der Waals surface area contributed by atoms with Crippen LogP contribution >= 0.6 is 0 Å². The van der Waals surface area contributed by atoms with Gasteiger partial charge in [0.25, 0.3) is 0 Å². The summed E-state index contributed by atoms with van der Waals surface area (Å²) in [6, 6.07) is 6.09. The Morgan fingerprint density at radius 3 is 2.85 bits per heavy atom. The predicted molar refractivity (Wildman–Crippen MR) is 80.4 cm³/mol. The summed E-state index contributed by atoms with van der Waals surface area (Å²) in [5.41, 5.74) is 2.51. The molecule has 0 radical (unpaired) electrons. The second-order valence-electron chi connectivity index (χ2n) is 4.73. The van der Waals surface area contributed by atoms with Crippen LogP contribution in [0.1, 0.15) is 18.9 Å². The van der Waals surface area contributed by atoms with Crippen LogP contribution in [0.4, 0.5) is 0 Å². The molecule has 0 atom stereocenters. The van der Waals surface area contributed by atoms with Gasteiger partial charge in [-0.1, -0.05) is 24.6 Å². The maximum atomic E-state index is 5.61. The van der Waals surface area contributed by atoms with Crippen molar-refractivity contribution in [1.82, 2.24) is 5.32 Å². The van der Waals surface area contributed by atoms with Crippen LogP contribution in [0.2, 0.25) is 0 Å². The Bertz CT molecular complexity index is 457. The Labute approximate surface area is 120 Å². The molecule has 2 rings (SSSR count). The third kappa shape index (κ3) is 4.25. The van der Waals surface area contributed by atoms with Crippen LogP contribution in [0.5, 0.6) is 11.5 Å². The Morgan fingerprint density at radius 1 is 1.30 bits per heavy atom. The second kappa shape index (κ2) is 7.92. The number of hydrogen-bond acceptors (Lipinski definition) is 4. The average Bonchev–Trinajstić information content (AvgIpc) is 2.50. The van der Waals surface area contributed by atoms with Crippen molar-refractivity contribution in [1.29, 1.82) is 0 Å². The SMILES string of the molecule is CCC(=Cc1ccc2c(c1)OCCO2)CNCCOC. The molecule has 1 aromatic rings. The minimum atomic E-state index is 0.624. The van der Waals surface area contributed by atoms with E-state index in [4.69, 9.17) is 14.2 Å². The monoisotopic (exact) mass is 277 g/mol. The van der Waals surface area contributed by atoms with E-state index >= 15 is 0 Å². The number of methoxy groups -OCH3 is 1. The lowest BCUT2D eigenvalue weighted by molar-refractivity contribution is 0.171. The van der Waals surface area contributed by atoms with Gasteiger partial charge in [0, 0.05) is 20.2 Å². The normalized spacial score (nSPS) is 14.4. The maximum absolute atomic E-state index is 5.61. The van der Waals surface area contributed by atoms with E-state index in [1.54, 1.807) is 7.11 Å². The van der Waals surface area contributed by atoms with E-state index in [1.165, 1.54) is 5.57 Å². The zero-order chi connectivity index (χ0) is 14.2. The number of rotatable bonds is 7. The maximum Gasteiger partial charge on any atom is 0.161 e. The fraction of sp³-hybridized carbons (Fsp3) is 0.500. The summed E-state index contributed by atoms with van der Waals surface area (Å²) in [4.78, 5) is 0. The van der Waals surface area contributed by atoms with E-state index in [2.05, 4.69) is 24.4 Å². The minimum Gasteiger partial charge on any atom is -0.486 e. The molecule has 1 heterocycles. The van der Waals surface area contributed by atoms with Gasteiger partial charge in [-0.25, -0.2) is 0 Å². The molecule has 0 amide bonds. The number of benzene rings is 1. The Kier molecular flexibility index (Phi) is 5.89. The van der Waals surface area contributed by atoms with Crippen LogP contribution in [-0.4, -0.2) is 40.0 Å². The fourth-order valence-corrected chi connectivity index (χ4v) is 2.09. The summed E-state index contributed by atoms with van der Waals surface area (Å²) < 4.78 is 16.2. The quantitative estimate of drug-likeness (QED) is 0.777. The molecule has 1 aliphatic heterocycles. The van der Waals surface area contributed by atoms with Crippen LogP contribution in [0, 0.1) is 0 Å². The summed E-state index contributed by atoms with van der Waals surface area (Å²) in [5, 5.41) is 3.37. The van der Waals surface area contributed by atoms with Crippen molar-refractivity contribution < 1.29 is 14.2 Å². The molecule has 4 heteroatoms. The molecule has 0 fully saturated rings. The molecule has 0 aromatic heterocycles. The van der Waals surface area contributed by atoms with Gasteiger partial charge >= 0.3 is 0 Å². The van der Waals surface area contributed by atoms with Crippen LogP contribution in [-0.2, 0) is 4.74 Å². The Hall–Kier alpha value is -1.52. The molecule has 0 bridgehead atoms. The number of hydrogen-bond donors (Lipinski definition) is 1. The van der Waals surface area contributed by atoms with Gasteiger partial charge < -0.3 is 19.5 Å². The average molecular weight is 277 g/mol. The smallest absolute Gasteiger partial charge is 0.161 e. The molecule has 0 saturated carbocycles. The van der Waals surface area contributed by atoms with Gasteiger partial charge in [-0.3, -0.25) is 0 Å². The largest absolute Gasteiger partial charge is 0.486 e. The summed E-state index contributed by atoms with van der Waals surface area (Å²) >= 11 is 0. The third-order valence-electron chi connectivity index (χ3n) is 3.23. The summed E-state index contributed by atoms with van der Waals surface area (Å²) in [7, 11) is 1.72. The molecule has 4 nitrogen and oxygen atoms in total. The van der Waals surface area contributed by atoms with Crippen molar-refractivity contribution in [2.24, 2.45) is 0 Å². The van der Waals surface area contributed by atoms with Crippen LogP contribution in [0.25, 0.3) is 6.08 Å². The third-order valence-corrected chi connectivity index (χ3v) is 3.23. The van der Waals surface area contributed by atoms with Gasteiger partial charge in [0.05, 0.1) is 6.61 Å². The van der Waals surface area contributed by atoms with E-state index < -0.39 is 0 Å². The fourth-order valence-electron chi connectivity index (χ4n) is 2.09. The van der Waals surface area contributed by atoms with Crippen molar-refractivity contribution in [3.63, 3.8) is 0 Å². The van der Waals surface area contributed by atoms with Crippen molar-refractivity contribution in [3.8, 4) is 11.5 Å². The highest BCUT2D eigenvalue weighted by atomic mass is 16.6. The highest BCUT2D eigenvalue weighted by Gasteiger charge is 2.11. The molecule has 20 heavy (non-hydrogen) atoms. The van der Waals surface area contributed by atoms with Gasteiger partial charge in [0.1, 0.15) is 13.2 Å². The van der Waals surface area contributed by atoms with Crippen molar-refractivity contribution >= 4 is 6.08 Å². The van der Waals surface area contributed by atoms with E-state index in [0.717, 1.165) is 43.2 Å². The highest BCUT2D eigenvalue weighted by molar-refractivity contribution is 5.58. The van der Waals surface area contributed by atoms with E-state index in [9.17, 15) is 0 Å². The highest BCUT2D eigenvalue weighted by Crippen LogP contribution is 2.31. The molecule has 0 unspecified atom stereocenters. The second-order valence-corrected chi connectivity index (χ2v) is 4.73. The lowest BCUT2D eigenvalue weighted by atomic mass is 10.1. The summed E-state index contributed by atoms with van der Waals surface area (Å²) in [5.74, 6) is 1.68. The lowest BCUT2D eigenvalue weighted by Crippen LogP contribution is -2.21. The van der Waals surface area contributed by atoms with E-state index in [1.807, 2.05) is 12.1 Å². The first-order chi connectivity index (χ1) is 9.83. The number of ether oxygens (including phenoxy) is 3. The molecule has 1 aliphatic rings. The Morgan fingerprint density at radius 2 is 2.10 bits per heavy atom. The van der Waals surface area contributed by atoms with Crippen molar-refractivity contribution in [2.45, 2.75) is 13.3 Å². The first-order valence-corrected chi connectivity index (χ1v) is 7.12. The van der Waals surface area contributed by atoms with Crippen LogP contribution in [0.3, 0.4) is 0 Å². The van der Waals surface area contributed by atoms with Gasteiger partial charge in [0.2, 0.25) is 0 Å². The van der Waals surface area contributed by atoms with Gasteiger partial charge in [-0.15, -0.1) is 0 Å². The van der Waals surface area contributed by atoms with Crippen molar-refractivity contribution in [2.75, 3.05) is 40.0 Å². The molecular weight excluding hydrogens is 254 g/mol. The van der Waals surface area contributed by atoms with E-state index in [0.29, 0.717) is 13.2 Å². The minimum absolute atomic E-state index is 0.624. The molecule has 0 aliphatic carbocycles. The summed E-state index contributed by atoms with van der Waals surface area (Å²) in [6.07, 6.45) is 3.23. The van der Waals surface area contributed by atoms with Crippen molar-refractivity contribution in [3.05, 3.63) is 29.3 Å². The first kappa shape index (κ1) is 14.9. The standard InChI is InChI=1S/C16H23NO3/c1-3-13(12-17-6-7-18-2)10-14-4-5-15-16(11-14)20-9-8-19-15/h4-5,10-11,17H,3,6-9,12H2,1-2H3. The lowest BCUT2D eigenvalue weighted by Gasteiger charge is -2.18. The van der Waals surface area contributed by atoms with Gasteiger partial charge in [0.15, 0.2) is 11.5 Å². The van der Waals surface area contributed by atoms with Gasteiger partial charge in [-0.05, 0) is 24.1 Å². The molecule has 0 spiro atoms. The molecular formula is C16H23NO3. The zero-order valence-corrected chi connectivity index (χ0v) is 12.3. The Balaban J connectivity index is 1.99. The predicted octanol–water partition coefficient (Wildman–Crippen LogP) is 2.49. The van der Waals surface area contributed by atoms with Gasteiger partial charge in [-0.2, -0.15) is 0 Å².